The molecule has 0 unspecified atom stereocenters. The lowest BCUT2D eigenvalue weighted by Crippen LogP contribution is -2.16. The van der Waals surface area contributed by atoms with Gasteiger partial charge in [0.2, 0.25) is 10.0 Å². The SMILES string of the molecule is Cc1ccccc1CS(=O)(=O)Nc1ccc(S(=O)(=O)Nc2c(C)cccc2C)cc1. The lowest BCUT2D eigenvalue weighted by molar-refractivity contribution is 0.599. The predicted octanol–water partition coefficient (Wildman–Crippen LogP) is 4.35. The topological polar surface area (TPSA) is 92.3 Å². The van der Waals surface area contributed by atoms with Gasteiger partial charge in [0, 0.05) is 5.69 Å². The molecule has 6 nitrogen and oxygen atoms in total. The summed E-state index contributed by atoms with van der Waals surface area (Å²) in [6.07, 6.45) is 0. The van der Waals surface area contributed by atoms with E-state index >= 15 is 0 Å². The summed E-state index contributed by atoms with van der Waals surface area (Å²) in [5.41, 5.74) is 4.08. The molecule has 0 amide bonds. The Morgan fingerprint density at radius 1 is 0.667 bits per heavy atom. The largest absolute Gasteiger partial charge is 0.283 e. The molecule has 0 heterocycles. The fourth-order valence-electron chi connectivity index (χ4n) is 3.06. The lowest BCUT2D eigenvalue weighted by atomic mass is 10.1. The average molecular weight is 445 g/mol. The summed E-state index contributed by atoms with van der Waals surface area (Å²) in [7, 11) is -7.43. The van der Waals surface area contributed by atoms with Crippen LogP contribution < -0.4 is 9.44 Å². The number of rotatable bonds is 7. The van der Waals surface area contributed by atoms with Gasteiger partial charge in [0.05, 0.1) is 16.3 Å². The van der Waals surface area contributed by atoms with Crippen LogP contribution in [0.5, 0.6) is 0 Å². The summed E-state index contributed by atoms with van der Waals surface area (Å²) in [4.78, 5) is 0.0482. The van der Waals surface area contributed by atoms with E-state index in [0.29, 0.717) is 16.9 Å². The monoisotopic (exact) mass is 444 g/mol. The fourth-order valence-corrected chi connectivity index (χ4v) is 5.57. The van der Waals surface area contributed by atoms with Gasteiger partial charge in [0.25, 0.3) is 10.0 Å². The Morgan fingerprint density at radius 2 is 1.23 bits per heavy atom. The highest BCUT2D eigenvalue weighted by Gasteiger charge is 2.18. The van der Waals surface area contributed by atoms with Gasteiger partial charge in [-0.3, -0.25) is 9.44 Å². The van der Waals surface area contributed by atoms with Gasteiger partial charge < -0.3 is 0 Å². The molecule has 2 N–H and O–H groups in total. The second-order valence-electron chi connectivity index (χ2n) is 7.18. The molecule has 0 aliphatic rings. The molecule has 30 heavy (non-hydrogen) atoms. The van der Waals surface area contributed by atoms with Crippen LogP contribution in [-0.2, 0) is 25.8 Å². The van der Waals surface area contributed by atoms with E-state index in [1.807, 2.05) is 51.1 Å². The van der Waals surface area contributed by atoms with E-state index < -0.39 is 20.0 Å². The normalized spacial score (nSPS) is 11.8. The van der Waals surface area contributed by atoms with Gasteiger partial charge in [-0.2, -0.15) is 0 Å². The van der Waals surface area contributed by atoms with E-state index in [9.17, 15) is 16.8 Å². The van der Waals surface area contributed by atoms with Crippen molar-refractivity contribution < 1.29 is 16.8 Å². The third kappa shape index (κ3) is 5.20. The summed E-state index contributed by atoms with van der Waals surface area (Å²) < 4.78 is 55.5. The molecular weight excluding hydrogens is 420 g/mol. The molecule has 0 aliphatic heterocycles. The van der Waals surface area contributed by atoms with E-state index in [1.54, 1.807) is 12.1 Å². The number of anilines is 2. The first kappa shape index (κ1) is 21.9. The number of benzene rings is 3. The molecule has 0 aromatic heterocycles. The molecule has 8 heteroatoms. The maximum atomic E-state index is 12.7. The molecule has 0 saturated carbocycles. The third-order valence-electron chi connectivity index (χ3n) is 4.76. The van der Waals surface area contributed by atoms with Gasteiger partial charge in [-0.15, -0.1) is 0 Å². The van der Waals surface area contributed by atoms with Gasteiger partial charge in [-0.1, -0.05) is 42.5 Å². The molecule has 0 radical (unpaired) electrons. The van der Waals surface area contributed by atoms with Crippen LogP contribution >= 0.6 is 0 Å². The van der Waals surface area contributed by atoms with E-state index in [0.717, 1.165) is 16.7 Å². The van der Waals surface area contributed by atoms with Crippen molar-refractivity contribution in [3.63, 3.8) is 0 Å². The standard InChI is InChI=1S/C22H24N2O4S2/c1-16-7-4-5-10-19(16)15-29(25,26)23-20-11-13-21(14-12-20)30(27,28)24-22-17(2)8-6-9-18(22)3/h4-14,23-24H,15H2,1-3H3. The van der Waals surface area contributed by atoms with E-state index in [-0.39, 0.29) is 10.6 Å². The molecule has 3 aromatic rings. The smallest absolute Gasteiger partial charge is 0.261 e. The molecule has 3 aromatic carbocycles. The van der Waals surface area contributed by atoms with Crippen LogP contribution in [0.15, 0.2) is 71.6 Å². The van der Waals surface area contributed by atoms with Gasteiger partial charge in [-0.25, -0.2) is 16.8 Å². The molecule has 0 spiro atoms. The maximum absolute atomic E-state index is 12.7. The second-order valence-corrected chi connectivity index (χ2v) is 10.6. The molecule has 0 saturated heterocycles. The Kier molecular flexibility index (Phi) is 6.19. The summed E-state index contributed by atoms with van der Waals surface area (Å²) in [5, 5.41) is 0. The summed E-state index contributed by atoms with van der Waals surface area (Å²) in [6.45, 7) is 5.52. The molecule has 0 aliphatic carbocycles. The van der Waals surface area contributed by atoms with Crippen molar-refractivity contribution in [1.82, 2.24) is 0 Å². The first-order valence-electron chi connectivity index (χ1n) is 9.31. The highest BCUT2D eigenvalue weighted by atomic mass is 32.2. The van der Waals surface area contributed by atoms with Gasteiger partial charge in [-0.05, 0) is 67.3 Å². The highest BCUT2D eigenvalue weighted by molar-refractivity contribution is 7.92. The number of aryl methyl sites for hydroxylation is 3. The van der Waals surface area contributed by atoms with Gasteiger partial charge in [0.15, 0.2) is 0 Å². The van der Waals surface area contributed by atoms with Crippen LogP contribution in [-0.4, -0.2) is 16.8 Å². The zero-order valence-electron chi connectivity index (χ0n) is 17.0. The molecule has 158 valence electrons. The van der Waals surface area contributed by atoms with Crippen molar-refractivity contribution in [3.8, 4) is 0 Å². The highest BCUT2D eigenvalue weighted by Crippen LogP contribution is 2.24. The minimum Gasteiger partial charge on any atom is -0.283 e. The molecule has 3 rings (SSSR count). The van der Waals surface area contributed by atoms with E-state index in [2.05, 4.69) is 9.44 Å². The van der Waals surface area contributed by atoms with Crippen LogP contribution in [0.1, 0.15) is 22.3 Å². The minimum atomic E-state index is -3.80. The summed E-state index contributed by atoms with van der Waals surface area (Å²) in [5.74, 6) is -0.159. The Hall–Kier alpha value is -2.84. The van der Waals surface area contributed by atoms with Crippen molar-refractivity contribution >= 4 is 31.4 Å². The van der Waals surface area contributed by atoms with Crippen molar-refractivity contribution in [2.45, 2.75) is 31.4 Å². The zero-order valence-corrected chi connectivity index (χ0v) is 18.6. The minimum absolute atomic E-state index is 0.0482. The molecule has 0 bridgehead atoms. The third-order valence-corrected chi connectivity index (χ3v) is 7.37. The Balaban J connectivity index is 1.76. The quantitative estimate of drug-likeness (QED) is 0.566. The van der Waals surface area contributed by atoms with Crippen LogP contribution in [0.3, 0.4) is 0 Å². The Labute approximate surface area is 178 Å². The zero-order chi connectivity index (χ0) is 21.9. The van der Waals surface area contributed by atoms with E-state index in [1.165, 1.54) is 24.3 Å². The Morgan fingerprint density at radius 3 is 1.83 bits per heavy atom. The van der Waals surface area contributed by atoms with Crippen LogP contribution in [0, 0.1) is 20.8 Å². The van der Waals surface area contributed by atoms with Crippen molar-refractivity contribution in [2.75, 3.05) is 9.44 Å². The number of hydrogen-bond donors (Lipinski definition) is 2. The van der Waals surface area contributed by atoms with Gasteiger partial charge >= 0.3 is 0 Å². The van der Waals surface area contributed by atoms with Gasteiger partial charge in [0.1, 0.15) is 0 Å². The lowest BCUT2D eigenvalue weighted by Gasteiger charge is -2.14. The van der Waals surface area contributed by atoms with Crippen molar-refractivity contribution in [2.24, 2.45) is 0 Å². The molecule has 0 fully saturated rings. The summed E-state index contributed by atoms with van der Waals surface area (Å²) >= 11 is 0. The van der Waals surface area contributed by atoms with Crippen LogP contribution in [0.25, 0.3) is 0 Å². The average Bonchev–Trinajstić information content (AvgIpc) is 2.67. The first-order chi connectivity index (χ1) is 14.1. The number of para-hydroxylation sites is 1. The maximum Gasteiger partial charge on any atom is 0.261 e. The number of sulfonamides is 2. The fraction of sp³-hybridized carbons (Fsp3) is 0.182. The molecule has 0 atom stereocenters. The van der Waals surface area contributed by atoms with Crippen LogP contribution in [0.4, 0.5) is 11.4 Å². The van der Waals surface area contributed by atoms with Crippen LogP contribution in [0.2, 0.25) is 0 Å². The van der Waals surface area contributed by atoms with Crippen molar-refractivity contribution in [3.05, 3.63) is 89.0 Å². The predicted molar refractivity (Wildman–Crippen MR) is 121 cm³/mol. The Bertz CT molecular complexity index is 1250. The second kappa shape index (κ2) is 8.49. The molecular formula is C22H24N2O4S2. The van der Waals surface area contributed by atoms with E-state index in [4.69, 9.17) is 0 Å². The first-order valence-corrected chi connectivity index (χ1v) is 12.4. The van der Waals surface area contributed by atoms with Crippen molar-refractivity contribution in [1.29, 1.82) is 0 Å². The number of hydrogen-bond acceptors (Lipinski definition) is 4. The number of nitrogens with one attached hydrogen (secondary N) is 2. The summed E-state index contributed by atoms with van der Waals surface area (Å²) in [6, 6.07) is 18.4.